The van der Waals surface area contributed by atoms with E-state index in [1.165, 1.54) is 48.4 Å². The van der Waals surface area contributed by atoms with E-state index in [0.717, 1.165) is 0 Å². The molecule has 0 aliphatic rings. The molecule has 0 aliphatic carbocycles. The molecule has 0 radical (unpaired) electrons. The van der Waals surface area contributed by atoms with Gasteiger partial charge in [0.1, 0.15) is 0 Å². The zero-order chi connectivity index (χ0) is 19.1. The second kappa shape index (κ2) is 8.56. The highest BCUT2D eigenvalue weighted by molar-refractivity contribution is 7.99. The molecule has 9 nitrogen and oxygen atoms in total. The maximum absolute atomic E-state index is 12.3. The summed E-state index contributed by atoms with van der Waals surface area (Å²) in [4.78, 5) is 27.7. The van der Waals surface area contributed by atoms with Gasteiger partial charge in [0.05, 0.1) is 10.6 Å². The van der Waals surface area contributed by atoms with E-state index < -0.39 is 10.0 Å². The molecule has 0 unspecified atom stereocenters. The molecule has 0 atom stereocenters. The number of anilines is 2. The summed E-state index contributed by atoms with van der Waals surface area (Å²) in [6.45, 7) is 0. The fourth-order valence-corrected chi connectivity index (χ4v) is 3.50. The number of sulfonamides is 1. The van der Waals surface area contributed by atoms with Crippen molar-refractivity contribution in [1.29, 1.82) is 0 Å². The Kier molecular flexibility index (Phi) is 5.94. The normalized spacial score (nSPS) is 11.0. The molecule has 1 amide bonds. The van der Waals surface area contributed by atoms with Gasteiger partial charge in [-0.15, -0.1) is 0 Å². The van der Waals surface area contributed by atoms with Crippen molar-refractivity contribution in [1.82, 2.24) is 19.9 Å². The highest BCUT2D eigenvalue weighted by atomic mass is 32.2. The zero-order valence-corrected chi connectivity index (χ0v) is 15.4. The number of nitrogens with one attached hydrogen (secondary N) is 2. The molecular weight excluding hydrogens is 388 g/mol. The minimum Gasteiger partial charge on any atom is -0.325 e. The summed E-state index contributed by atoms with van der Waals surface area (Å²) in [5.41, 5.74) is 0.476. The number of hydrogen-bond acceptors (Lipinski definition) is 8. The van der Waals surface area contributed by atoms with Crippen LogP contribution < -0.4 is 10.0 Å². The van der Waals surface area contributed by atoms with Crippen molar-refractivity contribution in [2.75, 3.05) is 15.8 Å². The average molecular weight is 402 g/mol. The summed E-state index contributed by atoms with van der Waals surface area (Å²) in [7, 11) is -3.81. The highest BCUT2D eigenvalue weighted by Gasteiger charge is 2.15. The van der Waals surface area contributed by atoms with Gasteiger partial charge in [0.2, 0.25) is 11.9 Å². The second-order valence-electron chi connectivity index (χ2n) is 5.07. The summed E-state index contributed by atoms with van der Waals surface area (Å²) >= 11 is 1.20. The predicted molar refractivity (Wildman–Crippen MR) is 101 cm³/mol. The van der Waals surface area contributed by atoms with Crippen LogP contribution in [0.25, 0.3) is 0 Å². The number of benzene rings is 1. The van der Waals surface area contributed by atoms with Gasteiger partial charge in [-0.25, -0.2) is 33.1 Å². The standard InChI is InChI=1S/C16H14N6O3S2/c23-14(11-26-16-19-9-2-10-20-16)21-12-3-5-13(6-4-12)27(24,25)22-15-17-7-1-8-18-15/h1-10H,11H2,(H,21,23)(H,17,18,22). The van der Waals surface area contributed by atoms with Gasteiger partial charge in [0, 0.05) is 30.5 Å². The Labute approximate surface area is 159 Å². The average Bonchev–Trinajstić information content (AvgIpc) is 2.68. The van der Waals surface area contributed by atoms with Crippen molar-refractivity contribution in [3.8, 4) is 0 Å². The Hall–Kier alpha value is -3.05. The Morgan fingerprint density at radius 3 is 2.15 bits per heavy atom. The third kappa shape index (κ3) is 5.46. The molecule has 0 spiro atoms. The summed E-state index contributed by atoms with van der Waals surface area (Å²) in [6.07, 6.45) is 6.06. The molecule has 2 N–H and O–H groups in total. The maximum atomic E-state index is 12.3. The monoisotopic (exact) mass is 402 g/mol. The lowest BCUT2D eigenvalue weighted by atomic mass is 10.3. The third-order valence-corrected chi connectivity index (χ3v) is 5.33. The van der Waals surface area contributed by atoms with E-state index in [9.17, 15) is 13.2 Å². The van der Waals surface area contributed by atoms with Crippen molar-refractivity contribution in [3.05, 3.63) is 61.2 Å². The van der Waals surface area contributed by atoms with E-state index in [1.807, 2.05) is 0 Å². The van der Waals surface area contributed by atoms with Gasteiger partial charge < -0.3 is 5.32 Å². The van der Waals surface area contributed by atoms with Gasteiger partial charge >= 0.3 is 0 Å². The number of thioether (sulfide) groups is 1. The number of carbonyl (C=O) groups excluding carboxylic acids is 1. The predicted octanol–water partition coefficient (Wildman–Crippen LogP) is 1.80. The topological polar surface area (TPSA) is 127 Å². The van der Waals surface area contributed by atoms with E-state index in [4.69, 9.17) is 0 Å². The minimum absolute atomic E-state index is 0.0185. The second-order valence-corrected chi connectivity index (χ2v) is 7.70. The number of rotatable bonds is 7. The van der Waals surface area contributed by atoms with Crippen LogP contribution >= 0.6 is 11.8 Å². The third-order valence-electron chi connectivity index (χ3n) is 3.11. The highest BCUT2D eigenvalue weighted by Crippen LogP contribution is 2.17. The van der Waals surface area contributed by atoms with Crippen LogP contribution in [0.1, 0.15) is 0 Å². The van der Waals surface area contributed by atoms with Gasteiger partial charge in [-0.2, -0.15) is 0 Å². The van der Waals surface area contributed by atoms with Gasteiger partial charge in [-0.1, -0.05) is 11.8 Å². The van der Waals surface area contributed by atoms with E-state index in [-0.39, 0.29) is 22.5 Å². The van der Waals surface area contributed by atoms with E-state index >= 15 is 0 Å². The lowest BCUT2D eigenvalue weighted by molar-refractivity contribution is -0.113. The Balaban J connectivity index is 1.59. The number of amides is 1. The van der Waals surface area contributed by atoms with E-state index in [0.29, 0.717) is 10.8 Å². The first-order valence-corrected chi connectivity index (χ1v) is 10.1. The molecule has 0 saturated heterocycles. The molecule has 138 valence electrons. The van der Waals surface area contributed by atoms with Crippen LogP contribution in [0, 0.1) is 0 Å². The lowest BCUT2D eigenvalue weighted by Crippen LogP contribution is -2.16. The first-order valence-electron chi connectivity index (χ1n) is 7.62. The van der Waals surface area contributed by atoms with Crippen LogP contribution in [0.5, 0.6) is 0 Å². The van der Waals surface area contributed by atoms with Crippen LogP contribution in [0.4, 0.5) is 11.6 Å². The van der Waals surface area contributed by atoms with Gasteiger partial charge in [0.15, 0.2) is 5.16 Å². The van der Waals surface area contributed by atoms with Crippen LogP contribution in [0.3, 0.4) is 0 Å². The molecule has 0 saturated carbocycles. The summed E-state index contributed by atoms with van der Waals surface area (Å²) < 4.78 is 26.9. The SMILES string of the molecule is O=C(CSc1ncccn1)Nc1ccc(S(=O)(=O)Nc2ncccn2)cc1. The molecule has 0 bridgehead atoms. The van der Waals surface area contributed by atoms with Crippen LogP contribution in [0.2, 0.25) is 0 Å². The van der Waals surface area contributed by atoms with Crippen LogP contribution in [0.15, 0.2) is 71.2 Å². The maximum Gasteiger partial charge on any atom is 0.264 e. The molecule has 11 heteroatoms. The fraction of sp³-hybridized carbons (Fsp3) is 0.0625. The summed E-state index contributed by atoms with van der Waals surface area (Å²) in [5, 5.41) is 3.19. The zero-order valence-electron chi connectivity index (χ0n) is 13.8. The number of nitrogens with zero attached hydrogens (tertiary/aromatic N) is 4. The smallest absolute Gasteiger partial charge is 0.264 e. The van der Waals surface area contributed by atoms with Crippen molar-refractivity contribution < 1.29 is 13.2 Å². The first-order chi connectivity index (χ1) is 13.0. The molecule has 0 fully saturated rings. The van der Waals surface area contributed by atoms with Gasteiger partial charge in [-0.05, 0) is 36.4 Å². The van der Waals surface area contributed by atoms with Crippen LogP contribution in [-0.2, 0) is 14.8 Å². The number of hydrogen-bond donors (Lipinski definition) is 2. The molecular formula is C16H14N6O3S2. The Morgan fingerprint density at radius 1 is 0.926 bits per heavy atom. The largest absolute Gasteiger partial charge is 0.325 e. The van der Waals surface area contributed by atoms with Crippen molar-refractivity contribution in [2.24, 2.45) is 0 Å². The van der Waals surface area contributed by atoms with Gasteiger partial charge in [0.25, 0.3) is 10.0 Å². The fourth-order valence-electron chi connectivity index (χ4n) is 1.94. The van der Waals surface area contributed by atoms with Gasteiger partial charge in [-0.3, -0.25) is 4.79 Å². The van der Waals surface area contributed by atoms with Crippen LogP contribution in [-0.4, -0.2) is 40.0 Å². The summed E-state index contributed by atoms with van der Waals surface area (Å²) in [5.74, 6) is -0.134. The quantitative estimate of drug-likeness (QED) is 0.452. The Bertz CT molecular complexity index is 999. The minimum atomic E-state index is -3.81. The summed E-state index contributed by atoms with van der Waals surface area (Å²) in [6, 6.07) is 9.04. The molecule has 2 heterocycles. The molecule has 2 aromatic heterocycles. The lowest BCUT2D eigenvalue weighted by Gasteiger charge is -2.08. The molecule has 3 rings (SSSR count). The van der Waals surface area contributed by atoms with Crippen molar-refractivity contribution >= 4 is 39.3 Å². The molecule has 1 aromatic carbocycles. The van der Waals surface area contributed by atoms with E-state index in [1.54, 1.807) is 24.5 Å². The number of carbonyl (C=O) groups is 1. The molecule has 0 aliphatic heterocycles. The van der Waals surface area contributed by atoms with Crippen molar-refractivity contribution in [3.63, 3.8) is 0 Å². The Morgan fingerprint density at radius 2 is 1.52 bits per heavy atom. The number of aromatic nitrogens is 4. The molecule has 27 heavy (non-hydrogen) atoms. The molecule has 3 aromatic rings. The van der Waals surface area contributed by atoms with E-state index in [2.05, 4.69) is 30.0 Å². The first kappa shape index (κ1) is 18.7. The van der Waals surface area contributed by atoms with Crippen molar-refractivity contribution in [2.45, 2.75) is 10.1 Å².